The van der Waals surface area contributed by atoms with Crippen molar-refractivity contribution in [1.82, 2.24) is 0 Å². The highest BCUT2D eigenvalue weighted by Gasteiger charge is 2.35. The lowest BCUT2D eigenvalue weighted by Gasteiger charge is -2.38. The highest BCUT2D eigenvalue weighted by Crippen LogP contribution is 2.37. The van der Waals surface area contributed by atoms with Gasteiger partial charge in [-0.05, 0) is 24.1 Å². The molecule has 2 rings (SSSR count). The van der Waals surface area contributed by atoms with Crippen molar-refractivity contribution in [2.75, 3.05) is 13.4 Å². The van der Waals surface area contributed by atoms with Crippen molar-refractivity contribution < 1.29 is 9.47 Å². The molecule has 3 nitrogen and oxygen atoms in total. The molecule has 3 heteroatoms. The van der Waals surface area contributed by atoms with Crippen molar-refractivity contribution in [3.05, 3.63) is 35.4 Å². The van der Waals surface area contributed by atoms with E-state index in [2.05, 4.69) is 13.0 Å². The fourth-order valence-corrected chi connectivity index (χ4v) is 2.60. The SMILES string of the molecule is CCCCCC1(c2ccc(C#N)cc2)CCOCO1. The fourth-order valence-electron chi connectivity index (χ4n) is 2.60. The standard InChI is InChI=1S/C16H21NO2/c1-2-3-4-9-16(10-11-18-13-19-16)15-7-5-14(12-17)6-8-15/h5-8H,2-4,9-11,13H2,1H3. The monoisotopic (exact) mass is 259 g/mol. The van der Waals surface area contributed by atoms with E-state index >= 15 is 0 Å². The van der Waals surface area contributed by atoms with Gasteiger partial charge >= 0.3 is 0 Å². The van der Waals surface area contributed by atoms with Crippen molar-refractivity contribution in [3.8, 4) is 6.07 Å². The summed E-state index contributed by atoms with van der Waals surface area (Å²) in [6, 6.07) is 9.95. The molecule has 1 aromatic rings. The maximum atomic E-state index is 8.88. The smallest absolute Gasteiger partial charge is 0.147 e. The number of benzene rings is 1. The molecule has 0 spiro atoms. The zero-order chi connectivity index (χ0) is 13.6. The molecule has 0 aromatic heterocycles. The summed E-state index contributed by atoms with van der Waals surface area (Å²) < 4.78 is 11.3. The molecule has 0 saturated carbocycles. The Morgan fingerprint density at radius 1 is 1.26 bits per heavy atom. The molecular weight excluding hydrogens is 238 g/mol. The third-order valence-electron chi connectivity index (χ3n) is 3.79. The summed E-state index contributed by atoms with van der Waals surface area (Å²) in [5.74, 6) is 0. The van der Waals surface area contributed by atoms with Crippen molar-refractivity contribution in [1.29, 1.82) is 5.26 Å². The van der Waals surface area contributed by atoms with Gasteiger partial charge in [0, 0.05) is 6.42 Å². The van der Waals surface area contributed by atoms with Crippen LogP contribution < -0.4 is 0 Å². The summed E-state index contributed by atoms with van der Waals surface area (Å²) in [5, 5.41) is 8.88. The number of nitrogens with zero attached hydrogens (tertiary/aromatic N) is 1. The van der Waals surface area contributed by atoms with Gasteiger partial charge in [-0.25, -0.2) is 0 Å². The molecule has 102 valence electrons. The minimum Gasteiger partial charge on any atom is -0.355 e. The van der Waals surface area contributed by atoms with Gasteiger partial charge in [0.2, 0.25) is 0 Å². The van der Waals surface area contributed by atoms with Gasteiger partial charge in [-0.15, -0.1) is 0 Å². The van der Waals surface area contributed by atoms with Gasteiger partial charge < -0.3 is 9.47 Å². The van der Waals surface area contributed by atoms with E-state index in [-0.39, 0.29) is 5.60 Å². The Bertz CT molecular complexity index is 427. The van der Waals surface area contributed by atoms with E-state index in [4.69, 9.17) is 14.7 Å². The molecule has 19 heavy (non-hydrogen) atoms. The lowest BCUT2D eigenvalue weighted by atomic mass is 9.84. The van der Waals surface area contributed by atoms with Crippen LogP contribution in [0.15, 0.2) is 24.3 Å². The van der Waals surface area contributed by atoms with Crippen molar-refractivity contribution in [2.24, 2.45) is 0 Å². The number of hydrogen-bond acceptors (Lipinski definition) is 3. The molecular formula is C16H21NO2. The van der Waals surface area contributed by atoms with Crippen LogP contribution in [0.1, 0.15) is 50.2 Å². The molecule has 1 aliphatic heterocycles. The Morgan fingerprint density at radius 3 is 2.63 bits per heavy atom. The minimum atomic E-state index is -0.221. The second-order valence-electron chi connectivity index (χ2n) is 5.06. The van der Waals surface area contributed by atoms with Gasteiger partial charge in [0.1, 0.15) is 6.79 Å². The first-order valence-corrected chi connectivity index (χ1v) is 7.03. The highest BCUT2D eigenvalue weighted by molar-refractivity contribution is 5.34. The largest absolute Gasteiger partial charge is 0.355 e. The van der Waals surface area contributed by atoms with E-state index in [1.807, 2.05) is 24.3 Å². The third kappa shape index (κ3) is 3.34. The lowest BCUT2D eigenvalue weighted by Crippen LogP contribution is -2.36. The second kappa shape index (κ2) is 6.70. The molecule has 0 radical (unpaired) electrons. The molecule has 0 aliphatic carbocycles. The van der Waals surface area contributed by atoms with Crippen LogP contribution >= 0.6 is 0 Å². The molecule has 1 aliphatic rings. The van der Waals surface area contributed by atoms with Gasteiger partial charge in [-0.2, -0.15) is 5.26 Å². The summed E-state index contributed by atoms with van der Waals surface area (Å²) in [7, 11) is 0. The molecule has 0 amide bonds. The summed E-state index contributed by atoms with van der Waals surface area (Å²) in [4.78, 5) is 0. The fraction of sp³-hybridized carbons (Fsp3) is 0.562. The van der Waals surface area contributed by atoms with Crippen LogP contribution in [-0.2, 0) is 15.1 Å². The Balaban J connectivity index is 2.17. The molecule has 1 unspecified atom stereocenters. The van der Waals surface area contributed by atoms with E-state index in [0.717, 1.165) is 25.9 Å². The molecule has 1 saturated heterocycles. The van der Waals surface area contributed by atoms with Gasteiger partial charge in [0.05, 0.1) is 23.8 Å². The number of unbranched alkanes of at least 4 members (excludes halogenated alkanes) is 2. The van der Waals surface area contributed by atoms with Crippen LogP contribution in [0.25, 0.3) is 0 Å². The van der Waals surface area contributed by atoms with Gasteiger partial charge in [0.15, 0.2) is 0 Å². The molecule has 1 heterocycles. The predicted octanol–water partition coefficient (Wildman–Crippen LogP) is 3.73. The van der Waals surface area contributed by atoms with Crippen molar-refractivity contribution >= 4 is 0 Å². The maximum absolute atomic E-state index is 8.88. The lowest BCUT2D eigenvalue weighted by molar-refractivity contribution is -0.202. The topological polar surface area (TPSA) is 42.2 Å². The average molecular weight is 259 g/mol. The first kappa shape index (κ1) is 14.0. The molecule has 0 N–H and O–H groups in total. The van der Waals surface area contributed by atoms with E-state index < -0.39 is 0 Å². The van der Waals surface area contributed by atoms with E-state index in [1.54, 1.807) is 0 Å². The number of ether oxygens (including phenoxy) is 2. The van der Waals surface area contributed by atoms with Gasteiger partial charge in [-0.1, -0.05) is 38.3 Å². The Kier molecular flexibility index (Phi) is 4.95. The second-order valence-corrected chi connectivity index (χ2v) is 5.06. The number of hydrogen-bond donors (Lipinski definition) is 0. The highest BCUT2D eigenvalue weighted by atomic mass is 16.7. The van der Waals surface area contributed by atoms with Crippen molar-refractivity contribution in [2.45, 2.75) is 44.6 Å². The van der Waals surface area contributed by atoms with Crippen LogP contribution in [0.4, 0.5) is 0 Å². The van der Waals surface area contributed by atoms with E-state index in [1.165, 1.54) is 18.4 Å². The van der Waals surface area contributed by atoms with Gasteiger partial charge in [0.25, 0.3) is 0 Å². The zero-order valence-electron chi connectivity index (χ0n) is 11.5. The molecule has 1 atom stereocenters. The van der Waals surface area contributed by atoms with Crippen LogP contribution in [0, 0.1) is 11.3 Å². The average Bonchev–Trinajstić information content (AvgIpc) is 2.49. The normalized spacial score (nSPS) is 22.9. The first-order chi connectivity index (χ1) is 9.30. The Labute approximate surface area is 115 Å². The third-order valence-corrected chi connectivity index (χ3v) is 3.79. The Morgan fingerprint density at radius 2 is 2.05 bits per heavy atom. The predicted molar refractivity (Wildman–Crippen MR) is 73.5 cm³/mol. The maximum Gasteiger partial charge on any atom is 0.147 e. The van der Waals surface area contributed by atoms with Crippen LogP contribution in [0.3, 0.4) is 0 Å². The molecule has 1 aromatic carbocycles. The Hall–Kier alpha value is -1.37. The number of nitriles is 1. The summed E-state index contributed by atoms with van der Waals surface area (Å²) in [6.45, 7) is 3.32. The number of rotatable bonds is 5. The van der Waals surface area contributed by atoms with Crippen molar-refractivity contribution in [3.63, 3.8) is 0 Å². The van der Waals surface area contributed by atoms with Crippen LogP contribution in [0.5, 0.6) is 0 Å². The summed E-state index contributed by atoms with van der Waals surface area (Å²) in [5.41, 5.74) is 1.65. The minimum absolute atomic E-state index is 0.221. The molecule has 0 bridgehead atoms. The summed E-state index contributed by atoms with van der Waals surface area (Å²) >= 11 is 0. The zero-order valence-corrected chi connectivity index (χ0v) is 11.5. The summed E-state index contributed by atoms with van der Waals surface area (Å²) in [6.07, 6.45) is 5.51. The quantitative estimate of drug-likeness (QED) is 0.757. The van der Waals surface area contributed by atoms with E-state index in [9.17, 15) is 0 Å². The van der Waals surface area contributed by atoms with E-state index in [0.29, 0.717) is 12.4 Å². The van der Waals surface area contributed by atoms with Crippen LogP contribution in [-0.4, -0.2) is 13.4 Å². The first-order valence-electron chi connectivity index (χ1n) is 7.03. The van der Waals surface area contributed by atoms with Crippen LogP contribution in [0.2, 0.25) is 0 Å². The molecule has 1 fully saturated rings. The van der Waals surface area contributed by atoms with Gasteiger partial charge in [-0.3, -0.25) is 0 Å².